The Labute approximate surface area is 144 Å². The van der Waals surface area contributed by atoms with Gasteiger partial charge in [-0.3, -0.25) is 4.57 Å². The lowest BCUT2D eigenvalue weighted by Gasteiger charge is -2.25. The van der Waals surface area contributed by atoms with Crippen LogP contribution in [0.25, 0.3) is 5.52 Å². The summed E-state index contributed by atoms with van der Waals surface area (Å²) in [6.45, 7) is 5.14. The van der Waals surface area contributed by atoms with Crippen molar-refractivity contribution >= 4 is 11.3 Å². The van der Waals surface area contributed by atoms with E-state index in [1.807, 2.05) is 30.6 Å². The molecule has 1 aliphatic heterocycles. The van der Waals surface area contributed by atoms with Gasteiger partial charge in [0.25, 0.3) is 0 Å². The lowest BCUT2D eigenvalue weighted by molar-refractivity contribution is 0.118. The SMILES string of the molecule is CCn1c([C@@H]2C[C@H](OC)CN2c2nccn3nc(C)cc23)n[nH]c1=O. The molecule has 1 fully saturated rings. The molecule has 9 nitrogen and oxygen atoms in total. The predicted molar refractivity (Wildman–Crippen MR) is 91.7 cm³/mol. The van der Waals surface area contributed by atoms with Crippen molar-refractivity contribution in [1.82, 2.24) is 29.4 Å². The van der Waals surface area contributed by atoms with Gasteiger partial charge in [0.1, 0.15) is 5.52 Å². The van der Waals surface area contributed by atoms with Gasteiger partial charge < -0.3 is 9.64 Å². The van der Waals surface area contributed by atoms with Crippen molar-refractivity contribution in [2.45, 2.75) is 39.0 Å². The van der Waals surface area contributed by atoms with Crippen LogP contribution in [0.1, 0.15) is 30.9 Å². The summed E-state index contributed by atoms with van der Waals surface area (Å²) in [5, 5.41) is 11.3. The van der Waals surface area contributed by atoms with Crippen LogP contribution in [-0.4, -0.2) is 49.1 Å². The number of aromatic nitrogens is 6. The second-order valence-electron chi connectivity index (χ2n) is 6.26. The first-order valence-electron chi connectivity index (χ1n) is 8.38. The van der Waals surface area contributed by atoms with Crippen LogP contribution in [-0.2, 0) is 11.3 Å². The van der Waals surface area contributed by atoms with Crippen molar-refractivity contribution in [3.63, 3.8) is 0 Å². The van der Waals surface area contributed by atoms with E-state index >= 15 is 0 Å². The first-order valence-corrected chi connectivity index (χ1v) is 8.38. The second kappa shape index (κ2) is 5.99. The summed E-state index contributed by atoms with van der Waals surface area (Å²) >= 11 is 0. The molecular formula is C16H21N7O2. The molecule has 0 unspecified atom stereocenters. The Morgan fingerprint density at radius 1 is 1.44 bits per heavy atom. The van der Waals surface area contributed by atoms with Crippen LogP contribution in [0.5, 0.6) is 0 Å². The zero-order chi connectivity index (χ0) is 17.6. The summed E-state index contributed by atoms with van der Waals surface area (Å²) in [6.07, 6.45) is 4.37. The number of ether oxygens (including phenoxy) is 1. The van der Waals surface area contributed by atoms with Crippen LogP contribution in [0, 0.1) is 6.92 Å². The van der Waals surface area contributed by atoms with Gasteiger partial charge in [0, 0.05) is 39.0 Å². The highest BCUT2D eigenvalue weighted by Crippen LogP contribution is 2.37. The van der Waals surface area contributed by atoms with E-state index in [4.69, 9.17) is 4.74 Å². The fourth-order valence-corrected chi connectivity index (χ4v) is 3.59. The third kappa shape index (κ3) is 2.51. The largest absolute Gasteiger partial charge is 0.380 e. The molecule has 0 radical (unpaired) electrons. The molecule has 0 bridgehead atoms. The van der Waals surface area contributed by atoms with Crippen LogP contribution >= 0.6 is 0 Å². The van der Waals surface area contributed by atoms with E-state index in [9.17, 15) is 4.79 Å². The quantitative estimate of drug-likeness (QED) is 0.757. The van der Waals surface area contributed by atoms with Crippen molar-refractivity contribution in [3.8, 4) is 0 Å². The summed E-state index contributed by atoms with van der Waals surface area (Å²) in [6, 6.07) is 1.93. The fraction of sp³-hybridized carbons (Fsp3) is 0.500. The first kappa shape index (κ1) is 15.8. The standard InChI is InChI=1S/C16H21N7O2/c1-4-21-15(18-19-16(21)24)12-8-11(25-3)9-22(12)14-13-7-10(2)20-23(13)6-5-17-14/h5-7,11-12H,4,8-9H2,1-3H3,(H,19,24)/t11-,12-/m0/s1. The molecule has 0 saturated carbocycles. The minimum Gasteiger partial charge on any atom is -0.380 e. The van der Waals surface area contributed by atoms with Gasteiger partial charge in [-0.2, -0.15) is 10.2 Å². The summed E-state index contributed by atoms with van der Waals surface area (Å²) in [5.74, 6) is 1.54. The monoisotopic (exact) mass is 343 g/mol. The highest BCUT2D eigenvalue weighted by atomic mass is 16.5. The first-order chi connectivity index (χ1) is 12.1. The summed E-state index contributed by atoms with van der Waals surface area (Å²) in [4.78, 5) is 18.8. The minimum atomic E-state index is -0.190. The topological polar surface area (TPSA) is 93.3 Å². The highest BCUT2D eigenvalue weighted by molar-refractivity contribution is 5.70. The summed E-state index contributed by atoms with van der Waals surface area (Å²) in [5.41, 5.74) is 1.67. The van der Waals surface area contributed by atoms with Crippen LogP contribution in [0.2, 0.25) is 0 Å². The summed E-state index contributed by atoms with van der Waals surface area (Å²) < 4.78 is 9.08. The number of fused-ring (bicyclic) bond motifs is 1. The number of aromatic amines is 1. The molecule has 0 amide bonds. The van der Waals surface area contributed by atoms with E-state index in [-0.39, 0.29) is 17.8 Å². The minimum absolute atomic E-state index is 0.0492. The molecule has 0 spiro atoms. The molecule has 4 rings (SSSR count). The van der Waals surface area contributed by atoms with Gasteiger partial charge in [0.15, 0.2) is 11.6 Å². The second-order valence-corrected chi connectivity index (χ2v) is 6.26. The molecule has 132 valence electrons. The molecule has 1 aliphatic rings. The molecular weight excluding hydrogens is 322 g/mol. The van der Waals surface area contributed by atoms with Crippen molar-refractivity contribution < 1.29 is 4.74 Å². The van der Waals surface area contributed by atoms with Crippen LogP contribution in [0.15, 0.2) is 23.3 Å². The third-order valence-corrected chi connectivity index (χ3v) is 4.76. The Kier molecular flexibility index (Phi) is 3.79. The number of aryl methyl sites for hydroxylation is 1. The van der Waals surface area contributed by atoms with Gasteiger partial charge in [0.2, 0.25) is 0 Å². The van der Waals surface area contributed by atoms with E-state index in [2.05, 4.69) is 25.2 Å². The highest BCUT2D eigenvalue weighted by Gasteiger charge is 2.38. The molecule has 4 heterocycles. The molecule has 9 heteroatoms. The molecule has 25 heavy (non-hydrogen) atoms. The zero-order valence-electron chi connectivity index (χ0n) is 14.5. The van der Waals surface area contributed by atoms with Gasteiger partial charge in [-0.15, -0.1) is 0 Å². The maximum Gasteiger partial charge on any atom is 0.343 e. The number of H-pyrrole nitrogens is 1. The third-order valence-electron chi connectivity index (χ3n) is 4.76. The van der Waals surface area contributed by atoms with Gasteiger partial charge in [-0.25, -0.2) is 19.4 Å². The lowest BCUT2D eigenvalue weighted by Crippen LogP contribution is -2.29. The number of rotatable bonds is 4. The van der Waals surface area contributed by atoms with Crippen molar-refractivity contribution in [1.29, 1.82) is 0 Å². The Morgan fingerprint density at radius 3 is 3.04 bits per heavy atom. The molecule has 1 saturated heterocycles. The number of hydrogen-bond donors (Lipinski definition) is 1. The molecule has 0 aromatic carbocycles. The van der Waals surface area contributed by atoms with Gasteiger partial charge >= 0.3 is 5.69 Å². The van der Waals surface area contributed by atoms with Gasteiger partial charge in [-0.1, -0.05) is 0 Å². The Bertz CT molecular complexity index is 957. The molecule has 3 aromatic rings. The Morgan fingerprint density at radius 2 is 2.28 bits per heavy atom. The lowest BCUT2D eigenvalue weighted by atomic mass is 10.2. The van der Waals surface area contributed by atoms with E-state index < -0.39 is 0 Å². The van der Waals surface area contributed by atoms with Crippen LogP contribution in [0.3, 0.4) is 0 Å². The van der Waals surface area contributed by atoms with Crippen molar-refractivity contribution in [3.05, 3.63) is 40.5 Å². The average molecular weight is 343 g/mol. The zero-order valence-corrected chi connectivity index (χ0v) is 14.5. The van der Waals surface area contributed by atoms with Crippen LogP contribution in [0.4, 0.5) is 5.82 Å². The normalized spacial score (nSPS) is 20.7. The molecule has 2 atom stereocenters. The molecule has 3 aromatic heterocycles. The van der Waals surface area contributed by atoms with E-state index in [0.717, 1.165) is 23.4 Å². The summed E-state index contributed by atoms with van der Waals surface area (Å²) in [7, 11) is 1.71. The number of anilines is 1. The maximum atomic E-state index is 12.0. The van der Waals surface area contributed by atoms with Crippen molar-refractivity contribution in [2.24, 2.45) is 0 Å². The van der Waals surface area contributed by atoms with E-state index in [1.165, 1.54) is 0 Å². The maximum absolute atomic E-state index is 12.0. The van der Waals surface area contributed by atoms with Crippen LogP contribution < -0.4 is 10.6 Å². The molecule has 1 N–H and O–H groups in total. The Hall–Kier alpha value is -2.68. The van der Waals surface area contributed by atoms with E-state index in [0.29, 0.717) is 18.9 Å². The average Bonchev–Trinajstić information content (AvgIpc) is 3.29. The number of methoxy groups -OCH3 is 1. The number of nitrogens with zero attached hydrogens (tertiary/aromatic N) is 6. The predicted octanol–water partition coefficient (Wildman–Crippen LogP) is 0.909. The van der Waals surface area contributed by atoms with Crippen molar-refractivity contribution in [2.75, 3.05) is 18.6 Å². The number of nitrogens with one attached hydrogen (secondary N) is 1. The number of hydrogen-bond acceptors (Lipinski definition) is 6. The molecule has 0 aliphatic carbocycles. The fourth-order valence-electron chi connectivity index (χ4n) is 3.59. The van der Waals surface area contributed by atoms with Gasteiger partial charge in [-0.05, 0) is 19.9 Å². The smallest absolute Gasteiger partial charge is 0.343 e. The van der Waals surface area contributed by atoms with E-state index in [1.54, 1.807) is 17.9 Å². The Balaban J connectivity index is 1.84. The van der Waals surface area contributed by atoms with Gasteiger partial charge in [0.05, 0.1) is 17.8 Å².